The first-order valence-electron chi connectivity index (χ1n) is 6.11. The van der Waals surface area contributed by atoms with E-state index in [-0.39, 0.29) is 0 Å². The van der Waals surface area contributed by atoms with Gasteiger partial charge in [-0.1, -0.05) is 6.92 Å². The molecule has 4 heteroatoms. The van der Waals surface area contributed by atoms with E-state index in [0.29, 0.717) is 6.61 Å². The van der Waals surface area contributed by atoms with Crippen LogP contribution in [-0.2, 0) is 13.2 Å². The van der Waals surface area contributed by atoms with Crippen LogP contribution in [0.25, 0.3) is 0 Å². The zero-order chi connectivity index (χ0) is 12.8. The van der Waals surface area contributed by atoms with E-state index in [0.717, 1.165) is 35.9 Å². The Kier molecular flexibility index (Phi) is 4.36. The first-order valence-corrected chi connectivity index (χ1v) is 6.11. The van der Waals surface area contributed by atoms with Gasteiger partial charge in [-0.3, -0.25) is 4.98 Å². The van der Waals surface area contributed by atoms with Gasteiger partial charge >= 0.3 is 0 Å². The van der Waals surface area contributed by atoms with Crippen molar-refractivity contribution in [1.29, 1.82) is 0 Å². The molecule has 0 saturated carbocycles. The standard InChI is InChI=1S/C14H18N2O2/c1-3-15-9-12-6-8-17-14(12)10-18-13-5-4-7-16-11(13)2/h4-8,15H,3,9-10H2,1-2H3. The van der Waals surface area contributed by atoms with Crippen molar-refractivity contribution in [2.75, 3.05) is 6.54 Å². The van der Waals surface area contributed by atoms with Crippen LogP contribution in [-0.4, -0.2) is 11.5 Å². The molecule has 0 atom stereocenters. The monoisotopic (exact) mass is 246 g/mol. The molecule has 0 spiro atoms. The number of rotatable bonds is 6. The highest BCUT2D eigenvalue weighted by atomic mass is 16.5. The highest BCUT2D eigenvalue weighted by Crippen LogP contribution is 2.18. The van der Waals surface area contributed by atoms with Crippen LogP contribution >= 0.6 is 0 Å². The van der Waals surface area contributed by atoms with Crippen molar-refractivity contribution in [2.24, 2.45) is 0 Å². The first-order chi connectivity index (χ1) is 8.81. The van der Waals surface area contributed by atoms with Crippen LogP contribution in [0.3, 0.4) is 0 Å². The third kappa shape index (κ3) is 3.11. The SMILES string of the molecule is CCNCc1ccoc1COc1cccnc1C. The van der Waals surface area contributed by atoms with Crippen molar-refractivity contribution in [3.63, 3.8) is 0 Å². The van der Waals surface area contributed by atoms with Gasteiger partial charge in [-0.2, -0.15) is 0 Å². The highest BCUT2D eigenvalue weighted by molar-refractivity contribution is 5.26. The Morgan fingerprint density at radius 1 is 1.39 bits per heavy atom. The maximum Gasteiger partial charge on any atom is 0.146 e. The lowest BCUT2D eigenvalue weighted by atomic mass is 10.2. The summed E-state index contributed by atoms with van der Waals surface area (Å²) in [7, 11) is 0. The minimum atomic E-state index is 0.431. The normalized spacial score (nSPS) is 10.6. The van der Waals surface area contributed by atoms with Crippen LogP contribution < -0.4 is 10.1 Å². The average molecular weight is 246 g/mol. The summed E-state index contributed by atoms with van der Waals surface area (Å²) in [5.41, 5.74) is 2.02. The Bertz CT molecular complexity index is 494. The highest BCUT2D eigenvalue weighted by Gasteiger charge is 2.07. The van der Waals surface area contributed by atoms with E-state index < -0.39 is 0 Å². The number of hydrogen-bond acceptors (Lipinski definition) is 4. The van der Waals surface area contributed by atoms with Gasteiger partial charge in [-0.25, -0.2) is 0 Å². The second-order valence-electron chi connectivity index (χ2n) is 4.02. The number of hydrogen-bond donors (Lipinski definition) is 1. The molecule has 0 unspecified atom stereocenters. The maximum atomic E-state index is 5.72. The number of nitrogens with zero attached hydrogens (tertiary/aromatic N) is 1. The molecule has 0 amide bonds. The number of ether oxygens (including phenoxy) is 1. The van der Waals surface area contributed by atoms with Crippen LogP contribution in [0.5, 0.6) is 5.75 Å². The zero-order valence-corrected chi connectivity index (χ0v) is 10.8. The fourth-order valence-electron chi connectivity index (χ4n) is 1.68. The molecule has 0 bridgehead atoms. The van der Waals surface area contributed by atoms with Gasteiger partial charge in [0, 0.05) is 18.3 Å². The van der Waals surface area contributed by atoms with Gasteiger partial charge in [0.05, 0.1) is 12.0 Å². The molecule has 1 N–H and O–H groups in total. The summed E-state index contributed by atoms with van der Waals surface area (Å²) in [5.74, 6) is 1.66. The lowest BCUT2D eigenvalue weighted by molar-refractivity contribution is 0.265. The molecule has 0 fully saturated rings. The number of aryl methyl sites for hydroxylation is 1. The third-order valence-corrected chi connectivity index (χ3v) is 2.72. The molecular weight excluding hydrogens is 228 g/mol. The molecule has 0 radical (unpaired) electrons. The quantitative estimate of drug-likeness (QED) is 0.851. The molecule has 0 aliphatic heterocycles. The summed E-state index contributed by atoms with van der Waals surface area (Å²) < 4.78 is 11.2. The number of pyridine rings is 1. The number of furan rings is 1. The summed E-state index contributed by atoms with van der Waals surface area (Å²) in [4.78, 5) is 4.18. The van der Waals surface area contributed by atoms with E-state index in [1.165, 1.54) is 0 Å². The molecule has 0 aromatic carbocycles. The van der Waals surface area contributed by atoms with Crippen molar-refractivity contribution in [3.05, 3.63) is 47.7 Å². The molecule has 2 aromatic rings. The average Bonchev–Trinajstić information content (AvgIpc) is 2.83. The van der Waals surface area contributed by atoms with Crippen molar-refractivity contribution >= 4 is 0 Å². The summed E-state index contributed by atoms with van der Waals surface area (Å²) in [6, 6.07) is 5.75. The van der Waals surface area contributed by atoms with Gasteiger partial charge in [0.25, 0.3) is 0 Å². The number of aromatic nitrogens is 1. The van der Waals surface area contributed by atoms with E-state index in [9.17, 15) is 0 Å². The van der Waals surface area contributed by atoms with Gasteiger partial charge in [0.2, 0.25) is 0 Å². The lowest BCUT2D eigenvalue weighted by Gasteiger charge is -2.08. The predicted octanol–water partition coefficient (Wildman–Crippen LogP) is 2.67. The van der Waals surface area contributed by atoms with Crippen molar-refractivity contribution < 1.29 is 9.15 Å². The fraction of sp³-hybridized carbons (Fsp3) is 0.357. The van der Waals surface area contributed by atoms with Gasteiger partial charge in [-0.15, -0.1) is 0 Å². The lowest BCUT2D eigenvalue weighted by Crippen LogP contribution is -2.12. The van der Waals surface area contributed by atoms with Crippen LogP contribution in [0.4, 0.5) is 0 Å². The van der Waals surface area contributed by atoms with Crippen LogP contribution in [0, 0.1) is 6.92 Å². The minimum Gasteiger partial charge on any atom is -0.484 e. The summed E-state index contributed by atoms with van der Waals surface area (Å²) >= 11 is 0. The van der Waals surface area contributed by atoms with Crippen molar-refractivity contribution in [3.8, 4) is 5.75 Å². The van der Waals surface area contributed by atoms with E-state index in [4.69, 9.17) is 9.15 Å². The van der Waals surface area contributed by atoms with Crippen molar-refractivity contribution in [1.82, 2.24) is 10.3 Å². The first kappa shape index (κ1) is 12.6. The predicted molar refractivity (Wildman–Crippen MR) is 69.4 cm³/mol. The molecule has 4 nitrogen and oxygen atoms in total. The van der Waals surface area contributed by atoms with Crippen LogP contribution in [0.15, 0.2) is 35.1 Å². The molecule has 18 heavy (non-hydrogen) atoms. The zero-order valence-electron chi connectivity index (χ0n) is 10.8. The van der Waals surface area contributed by atoms with E-state index >= 15 is 0 Å². The van der Waals surface area contributed by atoms with E-state index in [2.05, 4.69) is 17.2 Å². The summed E-state index contributed by atoms with van der Waals surface area (Å²) in [5, 5.41) is 3.27. The summed E-state index contributed by atoms with van der Waals surface area (Å²) in [6.07, 6.45) is 3.45. The second-order valence-corrected chi connectivity index (χ2v) is 4.02. The Morgan fingerprint density at radius 3 is 3.06 bits per heavy atom. The fourth-order valence-corrected chi connectivity index (χ4v) is 1.68. The largest absolute Gasteiger partial charge is 0.484 e. The molecule has 0 aliphatic rings. The molecule has 2 heterocycles. The molecule has 2 rings (SSSR count). The Hall–Kier alpha value is -1.81. The van der Waals surface area contributed by atoms with Crippen molar-refractivity contribution in [2.45, 2.75) is 27.0 Å². The smallest absolute Gasteiger partial charge is 0.146 e. The Labute approximate surface area is 107 Å². The minimum absolute atomic E-state index is 0.431. The Morgan fingerprint density at radius 2 is 2.28 bits per heavy atom. The van der Waals surface area contributed by atoms with Gasteiger partial charge in [-0.05, 0) is 31.7 Å². The van der Waals surface area contributed by atoms with Gasteiger partial charge in [0.15, 0.2) is 0 Å². The molecule has 0 aliphatic carbocycles. The summed E-state index contributed by atoms with van der Waals surface area (Å²) in [6.45, 7) is 6.18. The van der Waals surface area contributed by atoms with Gasteiger partial charge < -0.3 is 14.5 Å². The molecule has 0 saturated heterocycles. The molecular formula is C14H18N2O2. The van der Waals surface area contributed by atoms with Gasteiger partial charge in [0.1, 0.15) is 18.1 Å². The van der Waals surface area contributed by atoms with Crippen LogP contribution in [0.2, 0.25) is 0 Å². The maximum absolute atomic E-state index is 5.72. The Balaban J connectivity index is 1.98. The second kappa shape index (κ2) is 6.21. The van der Waals surface area contributed by atoms with Crippen LogP contribution in [0.1, 0.15) is 23.9 Å². The van der Waals surface area contributed by atoms with E-state index in [1.807, 2.05) is 25.1 Å². The van der Waals surface area contributed by atoms with E-state index in [1.54, 1.807) is 12.5 Å². The number of nitrogens with one attached hydrogen (secondary N) is 1. The molecule has 2 aromatic heterocycles. The molecule has 96 valence electrons. The topological polar surface area (TPSA) is 47.3 Å². The third-order valence-electron chi connectivity index (χ3n) is 2.72.